The molecule has 2 atom stereocenters. The third-order valence-corrected chi connectivity index (χ3v) is 3.93. The smallest absolute Gasteiger partial charge is 0.0621 e. The van der Waals surface area contributed by atoms with Crippen LogP contribution in [0.4, 0.5) is 0 Å². The lowest BCUT2D eigenvalue weighted by molar-refractivity contribution is -0.0714. The molecule has 2 heteroatoms. The fourth-order valence-corrected chi connectivity index (χ4v) is 2.40. The maximum absolute atomic E-state index is 9.58. The predicted molar refractivity (Wildman–Crippen MR) is 58.1 cm³/mol. The topological polar surface area (TPSA) is 32.3 Å². The predicted octanol–water partition coefficient (Wildman–Crippen LogP) is 1.85. The Morgan fingerprint density at radius 2 is 2.36 bits per heavy atom. The van der Waals surface area contributed by atoms with Gasteiger partial charge in [0.1, 0.15) is 0 Å². The second kappa shape index (κ2) is 3.67. The Kier molecular flexibility index (Phi) is 2.67. The van der Waals surface area contributed by atoms with Crippen LogP contribution in [0.3, 0.4) is 0 Å². The average Bonchev–Trinajstić information content (AvgIpc) is 2.64. The Morgan fingerprint density at radius 1 is 1.57 bits per heavy atom. The molecule has 1 fully saturated rings. The molecule has 2 aliphatic rings. The lowest BCUT2D eigenvalue weighted by atomic mass is 9.64. The summed E-state index contributed by atoms with van der Waals surface area (Å²) in [7, 11) is 0. The highest BCUT2D eigenvalue weighted by Crippen LogP contribution is 2.40. The van der Waals surface area contributed by atoms with Crippen LogP contribution in [-0.4, -0.2) is 23.8 Å². The first kappa shape index (κ1) is 10.2. The Balaban J connectivity index is 1.77. The molecule has 0 aromatic heterocycles. The van der Waals surface area contributed by atoms with E-state index >= 15 is 0 Å². The minimum atomic E-state index is -0.113. The first-order chi connectivity index (χ1) is 6.60. The normalized spacial score (nSPS) is 35.2. The summed E-state index contributed by atoms with van der Waals surface area (Å²) in [4.78, 5) is 0. The molecule has 0 radical (unpaired) electrons. The van der Waals surface area contributed by atoms with Crippen LogP contribution in [0.2, 0.25) is 0 Å². The number of allylic oxidation sites excluding steroid dienone is 1. The SMILES string of the molecule is CC1(C)C(O)CC1NCC1=CCCC1. The number of aliphatic hydroxyl groups excluding tert-OH is 1. The number of aliphatic hydroxyl groups is 1. The molecular formula is C12H21NO. The van der Waals surface area contributed by atoms with Crippen molar-refractivity contribution in [1.82, 2.24) is 5.32 Å². The molecule has 0 heterocycles. The highest BCUT2D eigenvalue weighted by molar-refractivity contribution is 5.11. The zero-order valence-electron chi connectivity index (χ0n) is 9.21. The molecule has 0 amide bonds. The highest BCUT2D eigenvalue weighted by Gasteiger charge is 2.46. The lowest BCUT2D eigenvalue weighted by Gasteiger charge is -2.49. The molecule has 2 unspecified atom stereocenters. The van der Waals surface area contributed by atoms with Crippen LogP contribution in [0, 0.1) is 5.41 Å². The standard InChI is InChI=1S/C12H21NO/c1-12(2)10(7-11(12)14)13-8-9-5-3-4-6-9/h5,10-11,13-14H,3-4,6-8H2,1-2H3. The molecule has 0 aromatic rings. The fraction of sp³-hybridized carbons (Fsp3) is 0.833. The van der Waals surface area contributed by atoms with Gasteiger partial charge >= 0.3 is 0 Å². The average molecular weight is 195 g/mol. The van der Waals surface area contributed by atoms with Gasteiger partial charge in [0.05, 0.1) is 6.10 Å². The van der Waals surface area contributed by atoms with Crippen LogP contribution in [0.1, 0.15) is 39.5 Å². The van der Waals surface area contributed by atoms with Gasteiger partial charge in [0.2, 0.25) is 0 Å². The molecular weight excluding hydrogens is 174 g/mol. The third-order valence-electron chi connectivity index (χ3n) is 3.93. The molecule has 0 bridgehead atoms. The van der Waals surface area contributed by atoms with Gasteiger partial charge in [-0.3, -0.25) is 0 Å². The van der Waals surface area contributed by atoms with Crippen molar-refractivity contribution in [3.8, 4) is 0 Å². The van der Waals surface area contributed by atoms with E-state index in [1.165, 1.54) is 19.3 Å². The van der Waals surface area contributed by atoms with E-state index in [4.69, 9.17) is 0 Å². The number of rotatable bonds is 3. The van der Waals surface area contributed by atoms with E-state index in [-0.39, 0.29) is 11.5 Å². The largest absolute Gasteiger partial charge is 0.392 e. The van der Waals surface area contributed by atoms with Gasteiger partial charge in [-0.15, -0.1) is 0 Å². The van der Waals surface area contributed by atoms with Gasteiger partial charge in [-0.1, -0.05) is 25.5 Å². The number of hydrogen-bond donors (Lipinski definition) is 2. The zero-order chi connectivity index (χ0) is 10.2. The second-order valence-electron chi connectivity index (χ2n) is 5.26. The fourth-order valence-electron chi connectivity index (χ4n) is 2.40. The molecule has 1 saturated carbocycles. The maximum Gasteiger partial charge on any atom is 0.0621 e. The van der Waals surface area contributed by atoms with E-state index in [1.54, 1.807) is 5.57 Å². The van der Waals surface area contributed by atoms with E-state index in [2.05, 4.69) is 25.2 Å². The van der Waals surface area contributed by atoms with E-state index in [1.807, 2.05) is 0 Å². The summed E-state index contributed by atoms with van der Waals surface area (Å²) in [6, 6.07) is 0.499. The first-order valence-corrected chi connectivity index (χ1v) is 5.70. The summed E-state index contributed by atoms with van der Waals surface area (Å²) in [5.74, 6) is 0. The molecule has 0 spiro atoms. The van der Waals surface area contributed by atoms with Crippen LogP contribution in [-0.2, 0) is 0 Å². The van der Waals surface area contributed by atoms with E-state index < -0.39 is 0 Å². The maximum atomic E-state index is 9.58. The van der Waals surface area contributed by atoms with E-state index in [0.29, 0.717) is 6.04 Å². The van der Waals surface area contributed by atoms with Crippen molar-refractivity contribution in [2.24, 2.45) is 5.41 Å². The molecule has 0 aromatic carbocycles. The van der Waals surface area contributed by atoms with Crippen molar-refractivity contribution >= 4 is 0 Å². The Labute approximate surface area is 86.4 Å². The van der Waals surface area contributed by atoms with Crippen molar-refractivity contribution < 1.29 is 5.11 Å². The third kappa shape index (κ3) is 1.73. The van der Waals surface area contributed by atoms with Gasteiger partial charge in [-0.2, -0.15) is 0 Å². The Bertz CT molecular complexity index is 245. The molecule has 14 heavy (non-hydrogen) atoms. The van der Waals surface area contributed by atoms with Crippen LogP contribution in [0.5, 0.6) is 0 Å². The van der Waals surface area contributed by atoms with Crippen molar-refractivity contribution in [2.75, 3.05) is 6.54 Å². The quantitative estimate of drug-likeness (QED) is 0.674. The van der Waals surface area contributed by atoms with Crippen molar-refractivity contribution in [2.45, 2.75) is 51.7 Å². The summed E-state index contributed by atoms with van der Waals surface area (Å²) in [5, 5.41) is 13.1. The second-order valence-corrected chi connectivity index (χ2v) is 5.26. The molecule has 0 aliphatic heterocycles. The first-order valence-electron chi connectivity index (χ1n) is 5.70. The van der Waals surface area contributed by atoms with Crippen LogP contribution in [0.25, 0.3) is 0 Å². The summed E-state index contributed by atoms with van der Waals surface area (Å²) >= 11 is 0. The van der Waals surface area contributed by atoms with Crippen molar-refractivity contribution in [3.63, 3.8) is 0 Å². The summed E-state index contributed by atoms with van der Waals surface area (Å²) in [6.07, 6.45) is 7.01. The van der Waals surface area contributed by atoms with Crippen LogP contribution < -0.4 is 5.32 Å². The minimum Gasteiger partial charge on any atom is -0.392 e. The molecule has 2 nitrogen and oxygen atoms in total. The number of nitrogens with one attached hydrogen (secondary N) is 1. The molecule has 2 N–H and O–H groups in total. The highest BCUT2D eigenvalue weighted by atomic mass is 16.3. The van der Waals surface area contributed by atoms with Gasteiger partial charge in [0, 0.05) is 18.0 Å². The Morgan fingerprint density at radius 3 is 2.86 bits per heavy atom. The van der Waals surface area contributed by atoms with E-state index in [9.17, 15) is 5.11 Å². The minimum absolute atomic E-state index is 0.0686. The lowest BCUT2D eigenvalue weighted by Crippen LogP contribution is -2.60. The van der Waals surface area contributed by atoms with Crippen LogP contribution in [0.15, 0.2) is 11.6 Å². The molecule has 80 valence electrons. The summed E-state index contributed by atoms with van der Waals surface area (Å²) < 4.78 is 0. The van der Waals surface area contributed by atoms with Crippen molar-refractivity contribution in [1.29, 1.82) is 0 Å². The van der Waals surface area contributed by atoms with Gasteiger partial charge in [-0.05, 0) is 25.7 Å². The molecule has 2 aliphatic carbocycles. The zero-order valence-corrected chi connectivity index (χ0v) is 9.21. The Hall–Kier alpha value is -0.340. The monoisotopic (exact) mass is 195 g/mol. The van der Waals surface area contributed by atoms with Gasteiger partial charge in [-0.25, -0.2) is 0 Å². The number of hydrogen-bond acceptors (Lipinski definition) is 2. The molecule has 2 rings (SSSR count). The summed E-state index contributed by atoms with van der Waals surface area (Å²) in [5.41, 5.74) is 1.63. The van der Waals surface area contributed by atoms with Gasteiger partial charge < -0.3 is 10.4 Å². The molecule has 0 saturated heterocycles. The van der Waals surface area contributed by atoms with Crippen molar-refractivity contribution in [3.05, 3.63) is 11.6 Å². The van der Waals surface area contributed by atoms with Crippen LogP contribution >= 0.6 is 0 Å². The van der Waals surface area contributed by atoms with E-state index in [0.717, 1.165) is 13.0 Å². The van der Waals surface area contributed by atoms with Gasteiger partial charge in [0.15, 0.2) is 0 Å². The summed E-state index contributed by atoms with van der Waals surface area (Å²) in [6.45, 7) is 5.31. The van der Waals surface area contributed by atoms with Gasteiger partial charge in [0.25, 0.3) is 0 Å².